The molecule has 0 aromatic rings. The van der Waals surface area contributed by atoms with Gasteiger partial charge in [0.1, 0.15) is 6.04 Å². The lowest BCUT2D eigenvalue weighted by atomic mass is 10.0. The maximum Gasteiger partial charge on any atom is 0.240 e. The van der Waals surface area contributed by atoms with Gasteiger partial charge in [-0.25, -0.2) is 0 Å². The van der Waals surface area contributed by atoms with Gasteiger partial charge in [-0.05, 0) is 12.3 Å². The highest BCUT2D eigenvalue weighted by molar-refractivity contribution is 7.99. The van der Waals surface area contributed by atoms with Crippen molar-refractivity contribution in [2.24, 2.45) is 11.7 Å². The lowest BCUT2D eigenvalue weighted by Crippen LogP contribution is -2.52. The Labute approximate surface area is 101 Å². The Hall–Kier alpha value is -0.730. The van der Waals surface area contributed by atoms with Crippen molar-refractivity contribution >= 4 is 17.7 Å². The molecule has 4 nitrogen and oxygen atoms in total. The first-order chi connectivity index (χ1) is 7.56. The Morgan fingerprint density at radius 3 is 2.94 bits per heavy atom. The number of nitriles is 1. The fraction of sp³-hybridized carbons (Fsp3) is 0.818. The number of nitrogens with zero attached hydrogens (tertiary/aromatic N) is 2. The SMILES string of the molecule is CC(C)CC(N)C(=O)N1CCSC[C@H]1C#N. The predicted octanol–water partition coefficient (Wildman–Crippen LogP) is 0.827. The van der Waals surface area contributed by atoms with Gasteiger partial charge in [-0.15, -0.1) is 0 Å². The molecule has 0 radical (unpaired) electrons. The molecular formula is C11H19N3OS. The predicted molar refractivity (Wildman–Crippen MR) is 65.9 cm³/mol. The summed E-state index contributed by atoms with van der Waals surface area (Å²) in [7, 11) is 0. The number of thioether (sulfide) groups is 1. The van der Waals surface area contributed by atoms with Crippen LogP contribution in [-0.2, 0) is 4.79 Å². The molecule has 0 saturated carbocycles. The van der Waals surface area contributed by atoms with Crippen molar-refractivity contribution in [3.8, 4) is 6.07 Å². The zero-order valence-electron chi connectivity index (χ0n) is 9.85. The summed E-state index contributed by atoms with van der Waals surface area (Å²) in [5, 5.41) is 8.98. The van der Waals surface area contributed by atoms with Crippen molar-refractivity contribution < 1.29 is 4.79 Å². The largest absolute Gasteiger partial charge is 0.324 e. The molecule has 1 aliphatic rings. The van der Waals surface area contributed by atoms with Gasteiger partial charge in [-0.3, -0.25) is 4.79 Å². The van der Waals surface area contributed by atoms with E-state index in [0.717, 1.165) is 5.75 Å². The zero-order valence-corrected chi connectivity index (χ0v) is 10.7. The molecule has 0 aromatic carbocycles. The smallest absolute Gasteiger partial charge is 0.240 e. The van der Waals surface area contributed by atoms with E-state index in [1.807, 2.05) is 13.8 Å². The molecular weight excluding hydrogens is 222 g/mol. The average molecular weight is 241 g/mol. The Morgan fingerprint density at radius 1 is 1.69 bits per heavy atom. The molecule has 1 heterocycles. The van der Waals surface area contributed by atoms with Gasteiger partial charge in [-0.2, -0.15) is 17.0 Å². The molecule has 0 bridgehead atoms. The van der Waals surface area contributed by atoms with Gasteiger partial charge in [0.2, 0.25) is 5.91 Å². The summed E-state index contributed by atoms with van der Waals surface area (Å²) in [6.45, 7) is 4.73. The quantitative estimate of drug-likeness (QED) is 0.794. The first-order valence-electron chi connectivity index (χ1n) is 5.59. The number of rotatable bonds is 3. The molecule has 1 rings (SSSR count). The molecule has 0 spiro atoms. The van der Waals surface area contributed by atoms with Crippen molar-refractivity contribution in [3.05, 3.63) is 0 Å². The van der Waals surface area contributed by atoms with E-state index in [1.54, 1.807) is 16.7 Å². The second-order valence-corrected chi connectivity index (χ2v) is 5.64. The van der Waals surface area contributed by atoms with Crippen molar-refractivity contribution in [3.63, 3.8) is 0 Å². The van der Waals surface area contributed by atoms with Crippen LogP contribution in [0.15, 0.2) is 0 Å². The van der Waals surface area contributed by atoms with Crippen LogP contribution in [0.5, 0.6) is 0 Å². The highest BCUT2D eigenvalue weighted by atomic mass is 32.2. The number of hydrogen-bond donors (Lipinski definition) is 1. The molecule has 1 saturated heterocycles. The van der Waals surface area contributed by atoms with Gasteiger partial charge in [0.05, 0.1) is 12.1 Å². The molecule has 0 aliphatic carbocycles. The minimum absolute atomic E-state index is 0.0689. The van der Waals surface area contributed by atoms with Gasteiger partial charge in [0.15, 0.2) is 0 Å². The van der Waals surface area contributed by atoms with Gasteiger partial charge >= 0.3 is 0 Å². The van der Waals surface area contributed by atoms with E-state index >= 15 is 0 Å². The van der Waals surface area contributed by atoms with Crippen molar-refractivity contribution in [2.45, 2.75) is 32.4 Å². The van der Waals surface area contributed by atoms with Crippen LogP contribution in [-0.4, -0.2) is 40.9 Å². The summed E-state index contributed by atoms with van der Waals surface area (Å²) in [5.74, 6) is 1.94. The highest BCUT2D eigenvalue weighted by Crippen LogP contribution is 2.17. The van der Waals surface area contributed by atoms with Crippen LogP contribution in [0.1, 0.15) is 20.3 Å². The summed E-state index contributed by atoms with van der Waals surface area (Å²) in [5.41, 5.74) is 5.86. The van der Waals surface area contributed by atoms with E-state index in [2.05, 4.69) is 6.07 Å². The lowest BCUT2D eigenvalue weighted by molar-refractivity contribution is -0.133. The van der Waals surface area contributed by atoms with E-state index in [4.69, 9.17) is 11.0 Å². The Balaban J connectivity index is 2.60. The fourth-order valence-electron chi connectivity index (χ4n) is 1.80. The van der Waals surface area contributed by atoms with Gasteiger partial charge in [-0.1, -0.05) is 13.8 Å². The average Bonchev–Trinajstić information content (AvgIpc) is 2.27. The van der Waals surface area contributed by atoms with Crippen LogP contribution in [0, 0.1) is 17.2 Å². The Morgan fingerprint density at radius 2 is 2.38 bits per heavy atom. The molecule has 5 heteroatoms. The van der Waals surface area contributed by atoms with E-state index in [9.17, 15) is 4.79 Å². The minimum Gasteiger partial charge on any atom is -0.324 e. The number of carbonyl (C=O) groups excluding carboxylic acids is 1. The van der Waals surface area contributed by atoms with Crippen molar-refractivity contribution in [1.29, 1.82) is 5.26 Å². The maximum atomic E-state index is 12.0. The van der Waals surface area contributed by atoms with Crippen LogP contribution in [0.25, 0.3) is 0 Å². The van der Waals surface area contributed by atoms with E-state index in [1.165, 1.54) is 0 Å². The molecule has 1 unspecified atom stereocenters. The normalized spacial score (nSPS) is 22.9. The van der Waals surface area contributed by atoms with Gasteiger partial charge in [0, 0.05) is 18.1 Å². The molecule has 16 heavy (non-hydrogen) atoms. The molecule has 1 amide bonds. The fourth-order valence-corrected chi connectivity index (χ4v) is 2.77. The van der Waals surface area contributed by atoms with Gasteiger partial charge < -0.3 is 10.6 Å². The Kier molecular flexibility index (Phi) is 5.10. The number of amides is 1. The number of carbonyl (C=O) groups is 1. The second-order valence-electron chi connectivity index (χ2n) is 4.49. The second kappa shape index (κ2) is 6.12. The maximum absolute atomic E-state index is 12.0. The van der Waals surface area contributed by atoms with E-state index < -0.39 is 6.04 Å². The standard InChI is InChI=1S/C11H19N3OS/c1-8(2)5-10(13)11(15)14-3-4-16-7-9(14)6-12/h8-10H,3-5,7,13H2,1-2H3/t9-,10?/m1/s1. The molecule has 1 fully saturated rings. The molecule has 2 atom stereocenters. The Bertz CT molecular complexity index is 287. The van der Waals surface area contributed by atoms with Crippen LogP contribution in [0.4, 0.5) is 0 Å². The van der Waals surface area contributed by atoms with Crippen molar-refractivity contribution in [2.75, 3.05) is 18.1 Å². The summed E-state index contributed by atoms with van der Waals surface area (Å²) in [6, 6.07) is 1.41. The van der Waals surface area contributed by atoms with E-state index in [-0.39, 0.29) is 11.9 Å². The summed E-state index contributed by atoms with van der Waals surface area (Å²) >= 11 is 1.72. The third-order valence-corrected chi connectivity index (χ3v) is 3.63. The van der Waals surface area contributed by atoms with E-state index in [0.29, 0.717) is 24.6 Å². The van der Waals surface area contributed by atoms with Crippen LogP contribution < -0.4 is 5.73 Å². The highest BCUT2D eigenvalue weighted by Gasteiger charge is 2.30. The molecule has 0 aromatic heterocycles. The van der Waals surface area contributed by atoms with Crippen LogP contribution in [0.2, 0.25) is 0 Å². The summed E-state index contributed by atoms with van der Waals surface area (Å²) < 4.78 is 0. The molecule has 2 N–H and O–H groups in total. The number of nitrogens with two attached hydrogens (primary N) is 1. The zero-order chi connectivity index (χ0) is 12.1. The first-order valence-corrected chi connectivity index (χ1v) is 6.75. The third-order valence-electron chi connectivity index (χ3n) is 2.60. The number of hydrogen-bond acceptors (Lipinski definition) is 4. The lowest BCUT2D eigenvalue weighted by Gasteiger charge is -2.33. The third kappa shape index (κ3) is 3.39. The summed E-state index contributed by atoms with van der Waals surface area (Å²) in [6.07, 6.45) is 0.681. The monoisotopic (exact) mass is 241 g/mol. The van der Waals surface area contributed by atoms with Gasteiger partial charge in [0.25, 0.3) is 0 Å². The van der Waals surface area contributed by atoms with Crippen molar-refractivity contribution in [1.82, 2.24) is 4.90 Å². The topological polar surface area (TPSA) is 70.1 Å². The van der Waals surface area contributed by atoms with Crippen LogP contribution >= 0.6 is 11.8 Å². The molecule has 90 valence electrons. The minimum atomic E-state index is -0.459. The van der Waals surface area contributed by atoms with Crippen LogP contribution in [0.3, 0.4) is 0 Å². The first kappa shape index (κ1) is 13.3. The molecule has 1 aliphatic heterocycles. The summed E-state index contributed by atoms with van der Waals surface area (Å²) in [4.78, 5) is 13.7.